The maximum absolute atomic E-state index is 13.0. The zero-order chi connectivity index (χ0) is 28.8. The molecule has 4 rings (SSSR count). The first-order valence-corrected chi connectivity index (χ1v) is 14.0. The molecule has 0 atom stereocenters. The van der Waals surface area contributed by atoms with Gasteiger partial charge in [-0.05, 0) is 55.7 Å². The van der Waals surface area contributed by atoms with E-state index in [1.165, 1.54) is 23.6 Å². The van der Waals surface area contributed by atoms with Gasteiger partial charge in [0.1, 0.15) is 10.0 Å². The molecular weight excluding hydrogens is 548 g/mol. The predicted molar refractivity (Wildman–Crippen MR) is 161 cm³/mol. The molecule has 40 heavy (non-hydrogen) atoms. The number of hydrogen-bond donors (Lipinski definition) is 1. The van der Waals surface area contributed by atoms with E-state index in [1.54, 1.807) is 53.9 Å². The number of nitrogens with one attached hydrogen (secondary N) is 1. The smallest absolute Gasteiger partial charge is 0.337 e. The molecule has 208 valence electrons. The first kappa shape index (κ1) is 29.0. The van der Waals surface area contributed by atoms with Gasteiger partial charge in [0.25, 0.3) is 11.5 Å². The van der Waals surface area contributed by atoms with Crippen LogP contribution in [0.2, 0.25) is 0 Å². The third-order valence-electron chi connectivity index (χ3n) is 6.61. The summed E-state index contributed by atoms with van der Waals surface area (Å²) >= 11 is 6.66. The molecule has 2 heterocycles. The molecule has 0 saturated carbocycles. The molecule has 0 radical (unpaired) electrons. The molecule has 0 bridgehead atoms. The fourth-order valence-electron chi connectivity index (χ4n) is 4.32. The van der Waals surface area contributed by atoms with Gasteiger partial charge in [0.05, 0.1) is 29.0 Å². The second-order valence-corrected chi connectivity index (χ2v) is 10.9. The van der Waals surface area contributed by atoms with Crippen molar-refractivity contribution in [2.75, 3.05) is 19.0 Å². The molecule has 9 nitrogen and oxygen atoms in total. The summed E-state index contributed by atoms with van der Waals surface area (Å²) in [5.41, 5.74) is 2.61. The predicted octanol–water partition coefficient (Wildman–Crippen LogP) is 4.67. The Kier molecular flexibility index (Phi) is 9.38. The lowest BCUT2D eigenvalue weighted by Crippen LogP contribution is -2.29. The molecule has 0 aliphatic carbocycles. The standard InChI is InChI=1S/C29H30N4O5S2/c1-19-25(27(36)33(31(19)2)22-10-6-4-7-11-22)30-24(34)12-8-5-9-17-32-26(35)23(40-29(32)39)18-20-13-15-21(16-14-20)28(37)38-3/h4,6-7,10-11,13-16,18H,5,8-9,12,17H2,1-3H3,(H,30,34). The van der Waals surface area contributed by atoms with Gasteiger partial charge in [0, 0.05) is 20.0 Å². The zero-order valence-corrected chi connectivity index (χ0v) is 24.1. The van der Waals surface area contributed by atoms with Crippen LogP contribution in [0.5, 0.6) is 0 Å². The van der Waals surface area contributed by atoms with Gasteiger partial charge < -0.3 is 10.1 Å². The Hall–Kier alpha value is -3.96. The van der Waals surface area contributed by atoms with Crippen molar-refractivity contribution >= 4 is 57.8 Å². The summed E-state index contributed by atoms with van der Waals surface area (Å²) in [6, 6.07) is 16.0. The number of esters is 1. The van der Waals surface area contributed by atoms with Gasteiger partial charge >= 0.3 is 5.97 Å². The molecule has 2 aromatic carbocycles. The number of aromatic nitrogens is 2. The van der Waals surface area contributed by atoms with Crippen molar-refractivity contribution < 1.29 is 19.1 Å². The molecule has 1 aromatic heterocycles. The summed E-state index contributed by atoms with van der Waals surface area (Å²) in [5.74, 6) is -0.798. The Morgan fingerprint density at radius 2 is 1.73 bits per heavy atom. The number of rotatable bonds is 10. The van der Waals surface area contributed by atoms with Crippen molar-refractivity contribution in [3.05, 3.63) is 86.7 Å². The van der Waals surface area contributed by atoms with Crippen molar-refractivity contribution in [2.24, 2.45) is 7.05 Å². The van der Waals surface area contributed by atoms with E-state index in [0.717, 1.165) is 17.7 Å². The molecular formula is C29H30N4O5S2. The van der Waals surface area contributed by atoms with Crippen LogP contribution in [0.3, 0.4) is 0 Å². The lowest BCUT2D eigenvalue weighted by atomic mass is 10.1. The highest BCUT2D eigenvalue weighted by Gasteiger charge is 2.31. The van der Waals surface area contributed by atoms with E-state index in [9.17, 15) is 19.2 Å². The van der Waals surface area contributed by atoms with E-state index in [-0.39, 0.29) is 29.5 Å². The van der Waals surface area contributed by atoms with Crippen LogP contribution in [0.4, 0.5) is 5.69 Å². The van der Waals surface area contributed by atoms with Crippen molar-refractivity contribution in [1.29, 1.82) is 0 Å². The summed E-state index contributed by atoms with van der Waals surface area (Å²) in [6.45, 7) is 2.26. The highest BCUT2D eigenvalue weighted by Crippen LogP contribution is 2.33. The largest absolute Gasteiger partial charge is 0.465 e. The van der Waals surface area contributed by atoms with E-state index in [4.69, 9.17) is 17.0 Å². The summed E-state index contributed by atoms with van der Waals surface area (Å²) in [5, 5.41) is 2.78. The van der Waals surface area contributed by atoms with Crippen LogP contribution >= 0.6 is 24.0 Å². The molecule has 1 N–H and O–H groups in total. The van der Waals surface area contributed by atoms with Crippen molar-refractivity contribution in [2.45, 2.75) is 32.6 Å². The van der Waals surface area contributed by atoms with Crippen molar-refractivity contribution in [1.82, 2.24) is 14.3 Å². The first-order chi connectivity index (χ1) is 19.2. The summed E-state index contributed by atoms with van der Waals surface area (Å²) < 4.78 is 8.45. The monoisotopic (exact) mass is 578 g/mol. The zero-order valence-electron chi connectivity index (χ0n) is 22.5. The first-order valence-electron chi connectivity index (χ1n) is 12.8. The number of thiocarbonyl (C=S) groups is 1. The number of nitrogens with zero attached hydrogens (tertiary/aromatic N) is 3. The topological polar surface area (TPSA) is 103 Å². The van der Waals surface area contributed by atoms with Gasteiger partial charge in [0.2, 0.25) is 5.91 Å². The third-order valence-corrected chi connectivity index (χ3v) is 7.99. The van der Waals surface area contributed by atoms with Crippen LogP contribution < -0.4 is 10.9 Å². The quantitative estimate of drug-likeness (QED) is 0.161. The SMILES string of the molecule is COC(=O)c1ccc(C=C2SC(=S)N(CCCCCC(=O)Nc3c(C)n(C)n(-c4ccccc4)c3=O)C2=O)cc1. The van der Waals surface area contributed by atoms with Crippen LogP contribution in [-0.2, 0) is 21.4 Å². The lowest BCUT2D eigenvalue weighted by molar-refractivity contribution is -0.122. The van der Waals surface area contributed by atoms with Gasteiger partial charge in [-0.2, -0.15) is 0 Å². The molecule has 1 saturated heterocycles. The number of ether oxygens (including phenoxy) is 1. The van der Waals surface area contributed by atoms with Crippen molar-refractivity contribution in [3.63, 3.8) is 0 Å². The number of hydrogen-bond acceptors (Lipinski definition) is 7. The van der Waals surface area contributed by atoms with Gasteiger partial charge in [-0.1, -0.05) is 60.7 Å². The fraction of sp³-hybridized carbons (Fsp3) is 0.276. The molecule has 2 amide bonds. The molecule has 3 aromatic rings. The minimum atomic E-state index is -0.420. The van der Waals surface area contributed by atoms with Crippen LogP contribution in [0.25, 0.3) is 11.8 Å². The lowest BCUT2D eigenvalue weighted by Gasteiger charge is -2.14. The number of benzene rings is 2. The Morgan fingerprint density at radius 3 is 2.40 bits per heavy atom. The molecule has 1 aliphatic heterocycles. The summed E-state index contributed by atoms with van der Waals surface area (Å²) in [6.07, 6.45) is 4.04. The number of carbonyl (C=O) groups is 3. The van der Waals surface area contributed by atoms with Crippen LogP contribution in [-0.4, -0.2) is 50.0 Å². The van der Waals surface area contributed by atoms with Gasteiger partial charge in [0.15, 0.2) is 0 Å². The Balaban J connectivity index is 1.26. The molecule has 0 unspecified atom stereocenters. The van der Waals surface area contributed by atoms with E-state index in [2.05, 4.69) is 5.32 Å². The normalized spacial score (nSPS) is 14.2. The van der Waals surface area contributed by atoms with Gasteiger partial charge in [-0.15, -0.1) is 0 Å². The second-order valence-electron chi connectivity index (χ2n) is 9.24. The third kappa shape index (κ3) is 6.43. The van der Waals surface area contributed by atoms with Crippen LogP contribution in [0.15, 0.2) is 64.3 Å². The van der Waals surface area contributed by atoms with Crippen molar-refractivity contribution in [3.8, 4) is 5.69 Å². The number of anilines is 1. The fourth-order valence-corrected chi connectivity index (χ4v) is 5.63. The highest BCUT2D eigenvalue weighted by molar-refractivity contribution is 8.26. The maximum Gasteiger partial charge on any atom is 0.337 e. The second kappa shape index (κ2) is 12.9. The van der Waals surface area contributed by atoms with E-state index >= 15 is 0 Å². The number of unbranched alkanes of at least 4 members (excludes halogenated alkanes) is 2. The summed E-state index contributed by atoms with van der Waals surface area (Å²) in [4.78, 5) is 52.2. The van der Waals surface area contributed by atoms with E-state index in [1.807, 2.05) is 30.3 Å². The number of thioether (sulfide) groups is 1. The minimum absolute atomic E-state index is 0.154. The molecule has 1 aliphatic rings. The number of carbonyl (C=O) groups excluding carboxylic acids is 3. The van der Waals surface area contributed by atoms with Crippen LogP contribution in [0, 0.1) is 6.92 Å². The molecule has 1 fully saturated rings. The van der Waals surface area contributed by atoms with E-state index < -0.39 is 5.97 Å². The Labute approximate surface area is 241 Å². The average molecular weight is 579 g/mol. The van der Waals surface area contributed by atoms with Gasteiger partial charge in [-0.25, -0.2) is 9.48 Å². The Morgan fingerprint density at radius 1 is 1.02 bits per heavy atom. The minimum Gasteiger partial charge on any atom is -0.465 e. The number of amides is 2. The highest BCUT2D eigenvalue weighted by atomic mass is 32.2. The average Bonchev–Trinajstić information content (AvgIpc) is 3.34. The van der Waals surface area contributed by atoms with Gasteiger partial charge in [-0.3, -0.25) is 24.0 Å². The summed E-state index contributed by atoms with van der Waals surface area (Å²) in [7, 11) is 3.11. The molecule has 11 heteroatoms. The number of methoxy groups -OCH3 is 1. The van der Waals surface area contributed by atoms with E-state index in [0.29, 0.717) is 39.9 Å². The van der Waals surface area contributed by atoms with Crippen LogP contribution in [0.1, 0.15) is 47.3 Å². The Bertz CT molecular complexity index is 1520. The maximum atomic E-state index is 13.0. The number of para-hydroxylation sites is 1. The molecule has 0 spiro atoms.